The zero-order chi connectivity index (χ0) is 16.7. The van der Waals surface area contributed by atoms with Crippen LogP contribution in [-0.2, 0) is 13.0 Å². The molecule has 0 bridgehead atoms. The first-order valence-electron chi connectivity index (χ1n) is 7.57. The van der Waals surface area contributed by atoms with Crippen molar-refractivity contribution in [3.8, 4) is 0 Å². The van der Waals surface area contributed by atoms with Gasteiger partial charge in [0.05, 0.1) is 0 Å². The molecule has 4 nitrogen and oxygen atoms in total. The lowest BCUT2D eigenvalue weighted by Gasteiger charge is -2.13. The number of anilines is 1. The Morgan fingerprint density at radius 3 is 2.17 bits per heavy atom. The SMILES string of the molecule is CN(C)c1ccc(CCNC(=O)NCc2ccc(Cl)cc2)cc1. The molecule has 0 atom stereocenters. The van der Waals surface area contributed by atoms with Gasteiger partial charge in [0, 0.05) is 37.9 Å². The smallest absolute Gasteiger partial charge is 0.315 e. The highest BCUT2D eigenvalue weighted by Gasteiger charge is 2.01. The average molecular weight is 332 g/mol. The number of benzene rings is 2. The van der Waals surface area contributed by atoms with Crippen LogP contribution in [0.2, 0.25) is 5.02 Å². The van der Waals surface area contributed by atoms with E-state index < -0.39 is 0 Å². The van der Waals surface area contributed by atoms with E-state index in [9.17, 15) is 4.79 Å². The number of carbonyl (C=O) groups excluding carboxylic acids is 1. The molecule has 2 aromatic carbocycles. The third-order valence-corrected chi connectivity index (χ3v) is 3.77. The maximum absolute atomic E-state index is 11.8. The average Bonchev–Trinajstić information content (AvgIpc) is 2.55. The fraction of sp³-hybridized carbons (Fsp3) is 0.278. The summed E-state index contributed by atoms with van der Waals surface area (Å²) in [5.74, 6) is 0. The molecule has 0 heterocycles. The summed E-state index contributed by atoms with van der Waals surface area (Å²) in [6.07, 6.45) is 0.808. The van der Waals surface area contributed by atoms with Crippen LogP contribution in [0.1, 0.15) is 11.1 Å². The third kappa shape index (κ3) is 5.83. The van der Waals surface area contributed by atoms with Crippen molar-refractivity contribution >= 4 is 23.3 Å². The molecule has 0 unspecified atom stereocenters. The molecular weight excluding hydrogens is 310 g/mol. The first kappa shape index (κ1) is 17.2. The van der Waals surface area contributed by atoms with Crippen LogP contribution in [-0.4, -0.2) is 26.7 Å². The summed E-state index contributed by atoms with van der Waals surface area (Å²) in [6.45, 7) is 1.09. The van der Waals surface area contributed by atoms with Gasteiger partial charge >= 0.3 is 6.03 Å². The summed E-state index contributed by atoms with van der Waals surface area (Å²) < 4.78 is 0. The highest BCUT2D eigenvalue weighted by atomic mass is 35.5. The van der Waals surface area contributed by atoms with Gasteiger partial charge < -0.3 is 15.5 Å². The molecular formula is C18H22ClN3O. The minimum absolute atomic E-state index is 0.162. The van der Waals surface area contributed by atoms with Gasteiger partial charge in [-0.25, -0.2) is 4.79 Å². The monoisotopic (exact) mass is 331 g/mol. The minimum Gasteiger partial charge on any atom is -0.378 e. The van der Waals surface area contributed by atoms with Crippen molar-refractivity contribution in [1.29, 1.82) is 0 Å². The van der Waals surface area contributed by atoms with Crippen LogP contribution in [0.25, 0.3) is 0 Å². The summed E-state index contributed by atoms with van der Waals surface area (Å²) in [7, 11) is 4.03. The molecule has 5 heteroatoms. The van der Waals surface area contributed by atoms with E-state index >= 15 is 0 Å². The van der Waals surface area contributed by atoms with E-state index in [1.807, 2.05) is 38.4 Å². The lowest BCUT2D eigenvalue weighted by atomic mass is 10.1. The molecule has 0 saturated heterocycles. The van der Waals surface area contributed by atoms with Crippen LogP contribution in [0, 0.1) is 0 Å². The zero-order valence-electron chi connectivity index (χ0n) is 13.5. The van der Waals surface area contributed by atoms with E-state index in [-0.39, 0.29) is 6.03 Å². The van der Waals surface area contributed by atoms with E-state index in [1.165, 1.54) is 11.3 Å². The molecule has 2 rings (SSSR count). The first-order chi connectivity index (χ1) is 11.0. The molecule has 0 radical (unpaired) electrons. The van der Waals surface area contributed by atoms with Crippen LogP contribution in [0.5, 0.6) is 0 Å². The van der Waals surface area contributed by atoms with E-state index in [1.54, 1.807) is 0 Å². The fourth-order valence-corrected chi connectivity index (χ4v) is 2.25. The molecule has 0 fully saturated rings. The molecule has 122 valence electrons. The van der Waals surface area contributed by atoms with Gasteiger partial charge in [-0.3, -0.25) is 0 Å². The van der Waals surface area contributed by atoms with Gasteiger partial charge in [0.25, 0.3) is 0 Å². The summed E-state index contributed by atoms with van der Waals surface area (Å²) in [5, 5.41) is 6.39. The second kappa shape index (κ2) is 8.44. The maximum atomic E-state index is 11.8. The van der Waals surface area contributed by atoms with Crippen LogP contribution < -0.4 is 15.5 Å². The molecule has 23 heavy (non-hydrogen) atoms. The minimum atomic E-state index is -0.162. The van der Waals surface area contributed by atoms with E-state index in [4.69, 9.17) is 11.6 Å². The third-order valence-electron chi connectivity index (χ3n) is 3.52. The van der Waals surface area contributed by atoms with Crippen LogP contribution in [0.3, 0.4) is 0 Å². The molecule has 2 aromatic rings. The number of nitrogens with zero attached hydrogens (tertiary/aromatic N) is 1. The molecule has 0 aliphatic rings. The number of hydrogen-bond acceptors (Lipinski definition) is 2. The van der Waals surface area contributed by atoms with Crippen molar-refractivity contribution < 1.29 is 4.79 Å². The van der Waals surface area contributed by atoms with Crippen LogP contribution in [0.15, 0.2) is 48.5 Å². The Hall–Kier alpha value is -2.20. The number of rotatable bonds is 6. The Bertz CT molecular complexity index is 624. The molecule has 0 saturated carbocycles. The number of halogens is 1. The Kier molecular flexibility index (Phi) is 6.29. The number of amides is 2. The van der Waals surface area contributed by atoms with E-state index in [2.05, 4.69) is 39.8 Å². The van der Waals surface area contributed by atoms with Gasteiger partial charge in [0.1, 0.15) is 0 Å². The maximum Gasteiger partial charge on any atom is 0.315 e. The highest BCUT2D eigenvalue weighted by Crippen LogP contribution is 2.12. The van der Waals surface area contributed by atoms with Gasteiger partial charge in [0.2, 0.25) is 0 Å². The van der Waals surface area contributed by atoms with Gasteiger partial charge in [-0.2, -0.15) is 0 Å². The zero-order valence-corrected chi connectivity index (χ0v) is 14.2. The summed E-state index contributed by atoms with van der Waals surface area (Å²) in [4.78, 5) is 13.8. The van der Waals surface area contributed by atoms with Crippen molar-refractivity contribution in [2.45, 2.75) is 13.0 Å². The molecule has 0 aliphatic heterocycles. The van der Waals surface area contributed by atoms with Gasteiger partial charge in [-0.1, -0.05) is 35.9 Å². The van der Waals surface area contributed by atoms with Crippen molar-refractivity contribution in [1.82, 2.24) is 10.6 Å². The molecule has 0 aliphatic carbocycles. The first-order valence-corrected chi connectivity index (χ1v) is 7.95. The second-order valence-electron chi connectivity index (χ2n) is 5.55. The normalized spacial score (nSPS) is 10.2. The van der Waals surface area contributed by atoms with Crippen molar-refractivity contribution in [3.63, 3.8) is 0 Å². The van der Waals surface area contributed by atoms with Crippen LogP contribution in [0.4, 0.5) is 10.5 Å². The van der Waals surface area contributed by atoms with Gasteiger partial charge in [0.15, 0.2) is 0 Å². The highest BCUT2D eigenvalue weighted by molar-refractivity contribution is 6.30. The second-order valence-corrected chi connectivity index (χ2v) is 5.98. The number of hydrogen-bond donors (Lipinski definition) is 2. The summed E-state index contributed by atoms with van der Waals surface area (Å²) in [5.41, 5.74) is 3.39. The van der Waals surface area contributed by atoms with E-state index in [0.717, 1.165) is 12.0 Å². The van der Waals surface area contributed by atoms with E-state index in [0.29, 0.717) is 18.1 Å². The fourth-order valence-electron chi connectivity index (χ4n) is 2.13. The predicted octanol–water partition coefficient (Wildman–Crippen LogP) is 3.45. The van der Waals surface area contributed by atoms with Crippen LogP contribution >= 0.6 is 11.6 Å². The predicted molar refractivity (Wildman–Crippen MR) is 96.2 cm³/mol. The van der Waals surface area contributed by atoms with Gasteiger partial charge in [-0.05, 0) is 41.8 Å². The largest absolute Gasteiger partial charge is 0.378 e. The lowest BCUT2D eigenvalue weighted by molar-refractivity contribution is 0.240. The van der Waals surface area contributed by atoms with Crippen molar-refractivity contribution in [3.05, 3.63) is 64.7 Å². The number of urea groups is 1. The number of carbonyl (C=O) groups is 1. The number of nitrogens with one attached hydrogen (secondary N) is 2. The molecule has 0 aromatic heterocycles. The van der Waals surface area contributed by atoms with Crippen molar-refractivity contribution in [2.75, 3.05) is 25.5 Å². The summed E-state index contributed by atoms with van der Waals surface area (Å²) in [6, 6.07) is 15.6. The molecule has 0 spiro atoms. The Labute approximate surface area is 142 Å². The van der Waals surface area contributed by atoms with Crippen molar-refractivity contribution in [2.24, 2.45) is 0 Å². The topological polar surface area (TPSA) is 44.4 Å². The molecule has 2 amide bonds. The van der Waals surface area contributed by atoms with Gasteiger partial charge in [-0.15, -0.1) is 0 Å². The Morgan fingerprint density at radius 1 is 0.957 bits per heavy atom. The summed E-state index contributed by atoms with van der Waals surface area (Å²) >= 11 is 5.83. The standard InChI is InChI=1S/C18H22ClN3O/c1-22(2)17-9-5-14(6-10-17)11-12-20-18(23)21-13-15-3-7-16(19)8-4-15/h3-10H,11-13H2,1-2H3,(H2,20,21,23). The Balaban J connectivity index is 1.69. The quantitative estimate of drug-likeness (QED) is 0.851. The lowest BCUT2D eigenvalue weighted by Crippen LogP contribution is -2.36. The Morgan fingerprint density at radius 2 is 1.57 bits per heavy atom. The molecule has 2 N–H and O–H groups in total.